The van der Waals surface area contributed by atoms with Crippen LogP contribution in [0.15, 0.2) is 60.9 Å². The Morgan fingerprint density at radius 3 is 2.48 bits per heavy atom. The number of benzene rings is 1. The maximum Gasteiger partial charge on any atom is 0.224 e. The van der Waals surface area contributed by atoms with Crippen molar-refractivity contribution in [1.29, 1.82) is 0 Å². The fourth-order valence-electron chi connectivity index (χ4n) is 2.01. The van der Waals surface area contributed by atoms with Gasteiger partial charge in [-0.3, -0.25) is 4.98 Å². The highest BCUT2D eigenvalue weighted by Gasteiger charge is 2.00. The van der Waals surface area contributed by atoms with Gasteiger partial charge in [0.25, 0.3) is 0 Å². The maximum atomic E-state index is 5.88. The van der Waals surface area contributed by atoms with E-state index in [1.165, 1.54) is 0 Å². The SMILES string of the molecule is Clc1ccc(CNc2ccnc(NCc3ccccn3)n2)cc1. The van der Waals surface area contributed by atoms with E-state index in [0.29, 0.717) is 19.0 Å². The number of rotatable bonds is 6. The third-order valence-corrected chi connectivity index (χ3v) is 3.45. The molecule has 1 aromatic carbocycles. The third-order valence-electron chi connectivity index (χ3n) is 3.20. The standard InChI is InChI=1S/C17H16ClN5/c18-14-6-4-13(5-7-14)11-21-16-8-10-20-17(23-16)22-12-15-3-1-2-9-19-15/h1-10H,11-12H2,(H2,20,21,22,23). The molecule has 0 radical (unpaired) electrons. The second kappa shape index (κ2) is 7.56. The molecule has 3 rings (SSSR count). The van der Waals surface area contributed by atoms with Crippen LogP contribution >= 0.6 is 11.6 Å². The Morgan fingerprint density at radius 2 is 1.70 bits per heavy atom. The summed E-state index contributed by atoms with van der Waals surface area (Å²) in [5.41, 5.74) is 2.08. The van der Waals surface area contributed by atoms with Crippen LogP contribution in [-0.2, 0) is 13.1 Å². The lowest BCUT2D eigenvalue weighted by atomic mass is 10.2. The third kappa shape index (κ3) is 4.66. The van der Waals surface area contributed by atoms with Crippen LogP contribution in [0.25, 0.3) is 0 Å². The van der Waals surface area contributed by atoms with Crippen LogP contribution in [0.5, 0.6) is 0 Å². The number of anilines is 2. The largest absolute Gasteiger partial charge is 0.366 e. The van der Waals surface area contributed by atoms with Gasteiger partial charge in [-0.15, -0.1) is 0 Å². The van der Waals surface area contributed by atoms with Crippen LogP contribution in [-0.4, -0.2) is 15.0 Å². The predicted molar refractivity (Wildman–Crippen MR) is 92.4 cm³/mol. The Kier molecular flexibility index (Phi) is 5.01. The van der Waals surface area contributed by atoms with E-state index in [9.17, 15) is 0 Å². The highest BCUT2D eigenvalue weighted by atomic mass is 35.5. The van der Waals surface area contributed by atoms with E-state index >= 15 is 0 Å². The van der Waals surface area contributed by atoms with Crippen LogP contribution < -0.4 is 10.6 Å². The number of nitrogens with zero attached hydrogens (tertiary/aromatic N) is 3. The Hall–Kier alpha value is -2.66. The smallest absolute Gasteiger partial charge is 0.224 e. The molecule has 0 aliphatic rings. The molecule has 3 aromatic rings. The summed E-state index contributed by atoms with van der Waals surface area (Å²) >= 11 is 5.88. The molecule has 2 N–H and O–H groups in total. The number of hydrogen-bond acceptors (Lipinski definition) is 5. The highest BCUT2D eigenvalue weighted by molar-refractivity contribution is 6.30. The molecule has 116 valence electrons. The zero-order valence-corrected chi connectivity index (χ0v) is 13.2. The predicted octanol–water partition coefficient (Wildman–Crippen LogP) is 3.75. The molecule has 5 nitrogen and oxygen atoms in total. The van der Waals surface area contributed by atoms with Crippen molar-refractivity contribution >= 4 is 23.4 Å². The average Bonchev–Trinajstić information content (AvgIpc) is 2.61. The summed E-state index contributed by atoms with van der Waals surface area (Å²) in [6, 6.07) is 15.3. The molecule has 23 heavy (non-hydrogen) atoms. The lowest BCUT2D eigenvalue weighted by Gasteiger charge is -2.08. The van der Waals surface area contributed by atoms with Crippen molar-refractivity contribution < 1.29 is 0 Å². The van der Waals surface area contributed by atoms with Crippen molar-refractivity contribution in [3.05, 3.63) is 77.2 Å². The monoisotopic (exact) mass is 325 g/mol. The number of hydrogen-bond donors (Lipinski definition) is 2. The first-order valence-corrected chi connectivity index (χ1v) is 7.62. The number of aromatic nitrogens is 3. The van der Waals surface area contributed by atoms with Crippen LogP contribution in [0.4, 0.5) is 11.8 Å². The van der Waals surface area contributed by atoms with Crippen molar-refractivity contribution in [1.82, 2.24) is 15.0 Å². The lowest BCUT2D eigenvalue weighted by Crippen LogP contribution is -2.07. The van der Waals surface area contributed by atoms with Crippen molar-refractivity contribution in [3.8, 4) is 0 Å². The topological polar surface area (TPSA) is 62.7 Å². The molecule has 0 unspecified atom stereocenters. The highest BCUT2D eigenvalue weighted by Crippen LogP contribution is 2.12. The van der Waals surface area contributed by atoms with Crippen molar-refractivity contribution in [3.63, 3.8) is 0 Å². The Bertz CT molecular complexity index is 746. The van der Waals surface area contributed by atoms with E-state index in [1.54, 1.807) is 12.4 Å². The maximum absolute atomic E-state index is 5.88. The second-order valence-electron chi connectivity index (χ2n) is 4.92. The van der Waals surface area contributed by atoms with E-state index in [1.807, 2.05) is 48.5 Å². The minimum Gasteiger partial charge on any atom is -0.366 e. The fourth-order valence-corrected chi connectivity index (χ4v) is 2.14. The summed E-state index contributed by atoms with van der Waals surface area (Å²) in [4.78, 5) is 12.9. The van der Waals surface area contributed by atoms with Gasteiger partial charge < -0.3 is 10.6 Å². The van der Waals surface area contributed by atoms with Crippen molar-refractivity contribution in [2.24, 2.45) is 0 Å². The van der Waals surface area contributed by atoms with E-state index < -0.39 is 0 Å². The molecule has 0 atom stereocenters. The van der Waals surface area contributed by atoms with Gasteiger partial charge >= 0.3 is 0 Å². The molecule has 0 aliphatic carbocycles. The van der Waals surface area contributed by atoms with E-state index in [2.05, 4.69) is 25.6 Å². The minimum absolute atomic E-state index is 0.566. The van der Waals surface area contributed by atoms with Crippen LogP contribution in [0.1, 0.15) is 11.3 Å². The summed E-state index contributed by atoms with van der Waals surface area (Å²) in [5, 5.41) is 7.17. The van der Waals surface area contributed by atoms with Gasteiger partial charge in [-0.2, -0.15) is 4.98 Å². The quantitative estimate of drug-likeness (QED) is 0.722. The molecule has 0 amide bonds. The fraction of sp³-hybridized carbons (Fsp3) is 0.118. The molecule has 2 aromatic heterocycles. The van der Waals surface area contributed by atoms with E-state index in [-0.39, 0.29) is 0 Å². The van der Waals surface area contributed by atoms with Crippen LogP contribution in [0, 0.1) is 0 Å². The lowest BCUT2D eigenvalue weighted by molar-refractivity contribution is 0.995. The molecule has 0 spiro atoms. The molecule has 0 saturated heterocycles. The number of halogens is 1. The summed E-state index contributed by atoms with van der Waals surface area (Å²) in [6.45, 7) is 1.26. The van der Waals surface area contributed by atoms with E-state index in [4.69, 9.17) is 11.6 Å². The van der Waals surface area contributed by atoms with Gasteiger partial charge in [0.1, 0.15) is 5.82 Å². The summed E-state index contributed by atoms with van der Waals surface area (Å²) in [7, 11) is 0. The second-order valence-corrected chi connectivity index (χ2v) is 5.36. The first kappa shape index (κ1) is 15.2. The minimum atomic E-state index is 0.566. The van der Waals surface area contributed by atoms with Gasteiger partial charge in [-0.25, -0.2) is 4.98 Å². The molecule has 2 heterocycles. The zero-order chi connectivity index (χ0) is 15.9. The molecule has 0 saturated carbocycles. The summed E-state index contributed by atoms with van der Waals surface area (Å²) in [5.74, 6) is 1.33. The van der Waals surface area contributed by atoms with Gasteiger partial charge in [0.15, 0.2) is 0 Å². The molecular formula is C17H16ClN5. The molecule has 0 aliphatic heterocycles. The number of nitrogens with one attached hydrogen (secondary N) is 2. The summed E-state index contributed by atoms with van der Waals surface area (Å²) in [6.07, 6.45) is 3.49. The normalized spacial score (nSPS) is 10.3. The summed E-state index contributed by atoms with van der Waals surface area (Å²) < 4.78 is 0. The van der Waals surface area contributed by atoms with Gasteiger partial charge in [0.2, 0.25) is 5.95 Å². The molecule has 0 fully saturated rings. The van der Waals surface area contributed by atoms with Crippen LogP contribution in [0.2, 0.25) is 5.02 Å². The van der Waals surface area contributed by atoms with E-state index in [0.717, 1.165) is 22.1 Å². The molecule has 6 heteroatoms. The zero-order valence-electron chi connectivity index (χ0n) is 12.4. The van der Waals surface area contributed by atoms with Crippen molar-refractivity contribution in [2.75, 3.05) is 10.6 Å². The Labute approximate surface area is 139 Å². The molecule has 0 bridgehead atoms. The van der Waals surface area contributed by atoms with Gasteiger partial charge in [0, 0.05) is 24.0 Å². The first-order valence-electron chi connectivity index (χ1n) is 7.25. The number of pyridine rings is 1. The first-order chi connectivity index (χ1) is 11.3. The van der Waals surface area contributed by atoms with Gasteiger partial charge in [-0.05, 0) is 35.9 Å². The molecular weight excluding hydrogens is 310 g/mol. The van der Waals surface area contributed by atoms with Crippen LogP contribution in [0.3, 0.4) is 0 Å². The van der Waals surface area contributed by atoms with Crippen molar-refractivity contribution in [2.45, 2.75) is 13.1 Å². The Balaban J connectivity index is 1.57. The average molecular weight is 326 g/mol. The Morgan fingerprint density at radius 1 is 0.826 bits per heavy atom. The van der Waals surface area contributed by atoms with Gasteiger partial charge in [0.05, 0.1) is 12.2 Å². The van der Waals surface area contributed by atoms with Gasteiger partial charge in [-0.1, -0.05) is 29.8 Å².